The fourth-order valence-electron chi connectivity index (χ4n) is 2.15. The van der Waals surface area contributed by atoms with Crippen LogP contribution in [0.4, 0.5) is 5.82 Å². The highest BCUT2D eigenvalue weighted by Crippen LogP contribution is 2.24. The van der Waals surface area contributed by atoms with Gasteiger partial charge in [-0.15, -0.1) is 0 Å². The number of nitrogens with zero attached hydrogens (tertiary/aromatic N) is 2. The van der Waals surface area contributed by atoms with Crippen LogP contribution in [0.15, 0.2) is 54.9 Å². The third-order valence-corrected chi connectivity index (χ3v) is 3.15. The summed E-state index contributed by atoms with van der Waals surface area (Å²) >= 11 is 0. The van der Waals surface area contributed by atoms with Gasteiger partial charge in [0.25, 0.3) is 0 Å². The first-order valence-corrected chi connectivity index (χ1v) is 6.54. The maximum Gasteiger partial charge on any atom is 0.133 e. The largest absolute Gasteiger partial charge is 0.508 e. The third kappa shape index (κ3) is 2.69. The molecule has 0 saturated carbocycles. The molecule has 0 fully saturated rings. The van der Waals surface area contributed by atoms with Gasteiger partial charge in [-0.1, -0.05) is 12.1 Å². The van der Waals surface area contributed by atoms with Crippen LogP contribution in [0.1, 0.15) is 5.69 Å². The second-order valence-electron chi connectivity index (χ2n) is 4.56. The highest BCUT2D eigenvalue weighted by atomic mass is 16.3. The molecule has 0 radical (unpaired) electrons. The summed E-state index contributed by atoms with van der Waals surface area (Å²) in [5, 5.41) is 14.9. The zero-order valence-electron chi connectivity index (χ0n) is 11.0. The normalized spacial score (nSPS) is 10.6. The standard InChI is InChI=1S/C16H15N3O/c20-14-5-4-12-6-9-18-16(15(12)11-14)19-10-7-13-3-1-2-8-17-13/h1-6,8-9,11,20H,7,10H2,(H,18,19). The van der Waals surface area contributed by atoms with Crippen LogP contribution in [0.5, 0.6) is 5.75 Å². The lowest BCUT2D eigenvalue weighted by atomic mass is 10.1. The van der Waals surface area contributed by atoms with Crippen LogP contribution in [-0.2, 0) is 6.42 Å². The number of fused-ring (bicyclic) bond motifs is 1. The number of rotatable bonds is 4. The van der Waals surface area contributed by atoms with E-state index in [9.17, 15) is 5.11 Å². The van der Waals surface area contributed by atoms with Gasteiger partial charge in [-0.25, -0.2) is 4.98 Å². The van der Waals surface area contributed by atoms with Gasteiger partial charge in [0, 0.05) is 36.4 Å². The molecule has 0 saturated heterocycles. The predicted octanol–water partition coefficient (Wildman–Crippen LogP) is 2.99. The Morgan fingerprint density at radius 3 is 2.80 bits per heavy atom. The minimum absolute atomic E-state index is 0.248. The van der Waals surface area contributed by atoms with Crippen LogP contribution in [-0.4, -0.2) is 21.6 Å². The molecule has 100 valence electrons. The Balaban J connectivity index is 1.76. The van der Waals surface area contributed by atoms with Crippen molar-refractivity contribution in [3.63, 3.8) is 0 Å². The summed E-state index contributed by atoms with van der Waals surface area (Å²) in [5.41, 5.74) is 1.04. The van der Waals surface area contributed by atoms with Crippen LogP contribution >= 0.6 is 0 Å². The molecular formula is C16H15N3O. The molecule has 0 atom stereocenters. The number of phenols is 1. The number of anilines is 1. The number of pyridine rings is 2. The van der Waals surface area contributed by atoms with Gasteiger partial charge in [-0.2, -0.15) is 0 Å². The van der Waals surface area contributed by atoms with Crippen LogP contribution in [0.2, 0.25) is 0 Å². The zero-order valence-corrected chi connectivity index (χ0v) is 11.0. The van der Waals surface area contributed by atoms with Gasteiger partial charge < -0.3 is 10.4 Å². The lowest BCUT2D eigenvalue weighted by Gasteiger charge is -2.08. The summed E-state index contributed by atoms with van der Waals surface area (Å²) < 4.78 is 0. The third-order valence-electron chi connectivity index (χ3n) is 3.15. The number of aromatic nitrogens is 2. The van der Waals surface area contributed by atoms with Gasteiger partial charge in [0.1, 0.15) is 11.6 Å². The molecule has 3 rings (SSSR count). The van der Waals surface area contributed by atoms with E-state index in [1.54, 1.807) is 24.5 Å². The van der Waals surface area contributed by atoms with Crippen molar-refractivity contribution in [1.82, 2.24) is 9.97 Å². The van der Waals surface area contributed by atoms with Crippen molar-refractivity contribution < 1.29 is 5.11 Å². The van der Waals surface area contributed by atoms with E-state index in [4.69, 9.17) is 0 Å². The average Bonchev–Trinajstić information content (AvgIpc) is 2.49. The van der Waals surface area contributed by atoms with Crippen molar-refractivity contribution in [3.8, 4) is 5.75 Å². The van der Waals surface area contributed by atoms with Gasteiger partial charge in [-0.3, -0.25) is 4.98 Å². The number of nitrogens with one attached hydrogen (secondary N) is 1. The Bertz CT molecular complexity index is 713. The maximum atomic E-state index is 9.59. The fourth-order valence-corrected chi connectivity index (χ4v) is 2.15. The fraction of sp³-hybridized carbons (Fsp3) is 0.125. The van der Waals surface area contributed by atoms with Crippen molar-refractivity contribution in [2.24, 2.45) is 0 Å². The summed E-state index contributed by atoms with van der Waals surface area (Å²) in [6.45, 7) is 0.749. The first-order chi connectivity index (χ1) is 9.83. The van der Waals surface area contributed by atoms with Gasteiger partial charge in [0.05, 0.1) is 0 Å². The van der Waals surface area contributed by atoms with E-state index in [2.05, 4.69) is 15.3 Å². The Morgan fingerprint density at radius 1 is 1.00 bits per heavy atom. The lowest BCUT2D eigenvalue weighted by molar-refractivity contribution is 0.476. The molecule has 0 aliphatic heterocycles. The van der Waals surface area contributed by atoms with E-state index in [0.29, 0.717) is 0 Å². The van der Waals surface area contributed by atoms with E-state index in [-0.39, 0.29) is 5.75 Å². The molecule has 2 heterocycles. The van der Waals surface area contributed by atoms with Gasteiger partial charge in [-0.05, 0) is 35.7 Å². The molecule has 2 N–H and O–H groups in total. The summed E-state index contributed by atoms with van der Waals surface area (Å²) in [5.74, 6) is 1.03. The van der Waals surface area contributed by atoms with Crippen LogP contribution in [0.3, 0.4) is 0 Å². The molecule has 0 unspecified atom stereocenters. The molecule has 4 nitrogen and oxygen atoms in total. The molecule has 20 heavy (non-hydrogen) atoms. The van der Waals surface area contributed by atoms with E-state index in [1.807, 2.05) is 30.3 Å². The van der Waals surface area contributed by atoms with Crippen molar-refractivity contribution in [2.45, 2.75) is 6.42 Å². The van der Waals surface area contributed by atoms with E-state index >= 15 is 0 Å². The van der Waals surface area contributed by atoms with Crippen molar-refractivity contribution in [2.75, 3.05) is 11.9 Å². The monoisotopic (exact) mass is 265 g/mol. The van der Waals surface area contributed by atoms with Crippen LogP contribution in [0, 0.1) is 0 Å². The molecule has 1 aromatic carbocycles. The van der Waals surface area contributed by atoms with E-state index in [1.165, 1.54) is 0 Å². The SMILES string of the molecule is Oc1ccc2ccnc(NCCc3ccccn3)c2c1. The van der Waals surface area contributed by atoms with E-state index < -0.39 is 0 Å². The second-order valence-corrected chi connectivity index (χ2v) is 4.56. The smallest absolute Gasteiger partial charge is 0.133 e. The highest BCUT2D eigenvalue weighted by Gasteiger charge is 2.03. The first-order valence-electron chi connectivity index (χ1n) is 6.54. The van der Waals surface area contributed by atoms with E-state index in [0.717, 1.165) is 35.2 Å². The minimum Gasteiger partial charge on any atom is -0.508 e. The molecule has 0 amide bonds. The number of hydrogen-bond acceptors (Lipinski definition) is 4. The molecule has 0 aliphatic rings. The van der Waals surface area contributed by atoms with Crippen molar-refractivity contribution in [1.29, 1.82) is 0 Å². The molecule has 0 spiro atoms. The van der Waals surface area contributed by atoms with Gasteiger partial charge >= 0.3 is 0 Å². The highest BCUT2D eigenvalue weighted by molar-refractivity contribution is 5.92. The number of phenolic OH excluding ortho intramolecular Hbond substituents is 1. The Hall–Kier alpha value is -2.62. The molecule has 4 heteroatoms. The van der Waals surface area contributed by atoms with Crippen molar-refractivity contribution >= 4 is 16.6 Å². The van der Waals surface area contributed by atoms with Gasteiger partial charge in [0.15, 0.2) is 0 Å². The summed E-state index contributed by atoms with van der Waals surface area (Å²) in [7, 11) is 0. The number of benzene rings is 1. The molecule has 0 bridgehead atoms. The topological polar surface area (TPSA) is 58.0 Å². The molecular weight excluding hydrogens is 250 g/mol. The minimum atomic E-state index is 0.248. The summed E-state index contributed by atoms with van der Waals surface area (Å²) in [6.07, 6.45) is 4.39. The quantitative estimate of drug-likeness (QED) is 0.761. The van der Waals surface area contributed by atoms with Gasteiger partial charge in [0.2, 0.25) is 0 Å². The summed E-state index contributed by atoms with van der Waals surface area (Å²) in [6, 6.07) is 13.1. The van der Waals surface area contributed by atoms with Crippen LogP contribution < -0.4 is 5.32 Å². The summed E-state index contributed by atoms with van der Waals surface area (Å²) in [4.78, 5) is 8.62. The molecule has 2 aromatic heterocycles. The van der Waals surface area contributed by atoms with Crippen LogP contribution in [0.25, 0.3) is 10.8 Å². The lowest BCUT2D eigenvalue weighted by Crippen LogP contribution is -2.07. The Kier molecular flexibility index (Phi) is 3.46. The van der Waals surface area contributed by atoms with Crippen molar-refractivity contribution in [3.05, 3.63) is 60.6 Å². The molecule has 3 aromatic rings. The Morgan fingerprint density at radius 2 is 1.95 bits per heavy atom. The maximum absolute atomic E-state index is 9.59. The molecule has 0 aliphatic carbocycles. The zero-order chi connectivity index (χ0) is 13.8. The Labute approximate surface area is 117 Å². The predicted molar refractivity (Wildman–Crippen MR) is 79.8 cm³/mol. The second kappa shape index (κ2) is 5.57. The first kappa shape index (κ1) is 12.4. The number of hydrogen-bond donors (Lipinski definition) is 2. The average molecular weight is 265 g/mol. The number of aromatic hydroxyl groups is 1.